The molecule has 18 nitrogen and oxygen atoms in total. The van der Waals surface area contributed by atoms with Crippen LogP contribution in [0.1, 0.15) is 82.4 Å². The number of hydrogen-bond donors (Lipinski definition) is 6. The number of aliphatic carboxylic acids is 2. The van der Waals surface area contributed by atoms with Crippen LogP contribution in [0.15, 0.2) is 64.2 Å². The third-order valence-corrected chi connectivity index (χ3v) is 8.78. The van der Waals surface area contributed by atoms with Gasteiger partial charge in [-0.05, 0) is 82.5 Å². The maximum Gasteiger partial charge on any atom is 0.575 e. The van der Waals surface area contributed by atoms with Gasteiger partial charge in [0, 0.05) is 35.5 Å². The number of esters is 3. The van der Waals surface area contributed by atoms with E-state index in [0.29, 0.717) is 32.7 Å². The van der Waals surface area contributed by atoms with E-state index in [1.807, 2.05) is 57.2 Å². The Morgan fingerprint density at radius 2 is 0.940 bits per heavy atom. The lowest BCUT2D eigenvalue weighted by molar-refractivity contribution is -0.135. The molecule has 0 saturated carbocycles. The maximum atomic E-state index is 11.8. The Kier molecular flexibility index (Phi) is 27.1. The molecule has 0 aliphatic rings. The molecule has 6 rings (SSSR count). The van der Waals surface area contributed by atoms with Gasteiger partial charge >= 0.3 is 24.4 Å². The first kappa shape index (κ1) is 61.1. The number of H-pyrrole nitrogens is 2. The number of aromatic hydroxyl groups is 1. The van der Waals surface area contributed by atoms with Crippen molar-refractivity contribution in [2.45, 2.75) is 55.4 Å². The average Bonchev–Trinajstić information content (AvgIpc) is 3.19. The van der Waals surface area contributed by atoms with E-state index in [1.54, 1.807) is 39.0 Å². The molecule has 3 aromatic heterocycles. The number of carbonyl (C=O) groups is 5. The second-order valence-electron chi connectivity index (χ2n) is 12.9. The fourth-order valence-corrected chi connectivity index (χ4v) is 6.17. The zero-order chi connectivity index (χ0) is 50.6. The van der Waals surface area contributed by atoms with E-state index < -0.39 is 47.5 Å². The van der Waals surface area contributed by atoms with E-state index in [1.165, 1.54) is 0 Å². The lowest BCUT2D eigenvalue weighted by Crippen LogP contribution is -2.20. The fraction of sp³-hybridized carbons (Fsp3) is 0.256. The molecule has 67 heavy (non-hydrogen) atoms. The predicted molar refractivity (Wildman–Crippen MR) is 261 cm³/mol. The highest BCUT2D eigenvalue weighted by atomic mass is 35.9. The highest BCUT2D eigenvalue weighted by molar-refractivity contribution is 7.95. The van der Waals surface area contributed by atoms with Crippen LogP contribution in [0.4, 0.5) is 0 Å². The zero-order valence-corrected chi connectivity index (χ0v) is 41.8. The number of carboxylic acids is 2. The molecule has 24 heteroatoms. The number of carboxylic acid groups (broad SMARTS) is 2. The number of carbonyl (C=O) groups excluding carboxylic acids is 3. The molecular weight excluding hydrogens is 1000 g/mol. The minimum atomic E-state index is -1.93. The third kappa shape index (κ3) is 19.5. The number of nitrogens with zero attached hydrogens (tertiary/aromatic N) is 1. The van der Waals surface area contributed by atoms with Crippen molar-refractivity contribution in [3.63, 3.8) is 0 Å². The smallest absolute Gasteiger partial charge is 0.506 e. The highest BCUT2D eigenvalue weighted by Crippen LogP contribution is 2.33. The van der Waals surface area contributed by atoms with Crippen LogP contribution in [0.5, 0.6) is 5.75 Å². The number of pyridine rings is 3. The molecule has 8 N–H and O–H groups in total. The molecule has 0 amide bonds. The molecule has 0 atom stereocenters. The van der Waals surface area contributed by atoms with Gasteiger partial charge < -0.3 is 45.6 Å². The first-order valence-corrected chi connectivity index (χ1v) is 23.2. The summed E-state index contributed by atoms with van der Waals surface area (Å²) in [6.07, 6.45) is 0. The Morgan fingerprint density at radius 3 is 1.37 bits per heavy atom. The largest absolute Gasteiger partial charge is 0.575 e. The molecule has 0 bridgehead atoms. The van der Waals surface area contributed by atoms with Crippen LogP contribution in [0, 0.1) is 20.8 Å². The van der Waals surface area contributed by atoms with Gasteiger partial charge in [-0.1, -0.05) is 69.7 Å². The summed E-state index contributed by atoms with van der Waals surface area (Å²) >= 11 is 27.4. The lowest BCUT2D eigenvalue weighted by atomic mass is 10.1. The van der Waals surface area contributed by atoms with Gasteiger partial charge in [0.25, 0.3) is 23.1 Å². The Labute approximate surface area is 408 Å². The quantitative estimate of drug-likeness (QED) is 0.0391. The SMILES string of the molecule is CC(=O)O.CC(=O)O.CCOC(=O)c1c(Cl)c2cc(C)ccc2[nH]c1=O.CCOC(=O)c1c(Cl)nc2ccc(C)cc2c1Cl.CCOC(=O)c1c(O)c2cc(C)ccc2[nH]c1=O.N.O=[P+](Cl)Cl. The van der Waals surface area contributed by atoms with Gasteiger partial charge in [0.05, 0.1) is 40.9 Å². The number of aromatic amines is 2. The molecule has 0 radical (unpaired) electrons. The summed E-state index contributed by atoms with van der Waals surface area (Å²) in [5.74, 6) is -4.08. The highest BCUT2D eigenvalue weighted by Gasteiger charge is 2.22. The van der Waals surface area contributed by atoms with E-state index in [9.17, 15) is 29.1 Å². The summed E-state index contributed by atoms with van der Waals surface area (Å²) in [6.45, 7) is 11.6. The Bertz CT molecular complexity index is 2720. The topological polar surface area (TPSA) is 304 Å². The molecule has 0 aliphatic heterocycles. The van der Waals surface area contributed by atoms with Crippen LogP contribution in [-0.2, 0) is 28.4 Å². The summed E-state index contributed by atoms with van der Waals surface area (Å²) in [4.78, 5) is 86.0. The van der Waals surface area contributed by atoms with Gasteiger partial charge in [-0.25, -0.2) is 19.4 Å². The minimum Gasteiger partial charge on any atom is -0.506 e. The van der Waals surface area contributed by atoms with Crippen LogP contribution < -0.4 is 17.3 Å². The maximum absolute atomic E-state index is 11.8. The number of aromatic nitrogens is 3. The molecule has 6 aromatic rings. The molecular formula is C43H47Cl5N4O14P+. The number of aryl methyl sites for hydroxylation is 3. The summed E-state index contributed by atoms with van der Waals surface area (Å²) < 4.78 is 23.6. The molecule has 3 aromatic carbocycles. The number of nitrogens with one attached hydrogen (secondary N) is 2. The molecule has 0 spiro atoms. The number of hydrogen-bond acceptors (Lipinski definition) is 14. The van der Waals surface area contributed by atoms with Gasteiger partial charge in [0.15, 0.2) is 5.56 Å². The van der Waals surface area contributed by atoms with Crippen molar-refractivity contribution in [1.82, 2.24) is 21.1 Å². The van der Waals surface area contributed by atoms with E-state index in [-0.39, 0.29) is 63.6 Å². The van der Waals surface area contributed by atoms with Gasteiger partial charge in [-0.15, -0.1) is 0 Å². The molecule has 0 fully saturated rings. The normalized spacial score (nSPS) is 9.69. The van der Waals surface area contributed by atoms with Gasteiger partial charge in [-0.2, -0.15) is 0 Å². The van der Waals surface area contributed by atoms with Crippen LogP contribution in [-0.4, -0.2) is 79.9 Å². The number of ether oxygens (including phenoxy) is 3. The standard InChI is InChI=1S/C13H11Cl2NO2.C13H12ClNO3.C13H13NO4.2C2H4O2.Cl2OP.H3N/c1-3-18-13(17)10-11(14)8-6-7(2)4-5-9(8)16-12(10)15;1-3-18-13(17)10-11(14)8-6-7(2)4-5-9(8)15-12(10)16;1-3-18-13(17)10-11(15)8-6-7(2)4-5-9(8)14-12(10)16;2*1-2(3)4;1-4(2)3;/h4-6H,3H2,1-2H3;4-6H,3H2,1-2H3,(H,15,16);4-6H,3H2,1-2H3,(H2,14,15,16);2*1H3,(H,3,4);;1H3/q;;;;;+1;. The lowest BCUT2D eigenvalue weighted by Gasteiger charge is -2.09. The summed E-state index contributed by atoms with van der Waals surface area (Å²) in [6, 6.07) is 16.2. The van der Waals surface area contributed by atoms with E-state index in [2.05, 4.69) is 37.4 Å². The molecule has 3 heterocycles. The Hall–Kier alpha value is -5.85. The molecule has 0 saturated heterocycles. The van der Waals surface area contributed by atoms with Gasteiger partial charge in [0.1, 0.15) is 22.0 Å². The van der Waals surface area contributed by atoms with Crippen LogP contribution in [0.25, 0.3) is 32.7 Å². The number of fused-ring (bicyclic) bond motifs is 3. The molecule has 0 aliphatic carbocycles. The number of benzene rings is 3. The molecule has 0 unspecified atom stereocenters. The van der Waals surface area contributed by atoms with Crippen molar-refractivity contribution < 1.29 is 58.1 Å². The summed E-state index contributed by atoms with van der Waals surface area (Å²) in [5, 5.41) is 27.1. The average molecular weight is 1050 g/mol. The van der Waals surface area contributed by atoms with Crippen LogP contribution in [0.3, 0.4) is 0 Å². The fourth-order valence-electron chi connectivity index (χ4n) is 5.22. The van der Waals surface area contributed by atoms with Crippen molar-refractivity contribution in [2.75, 3.05) is 19.8 Å². The van der Waals surface area contributed by atoms with Crippen molar-refractivity contribution >= 4 is 126 Å². The van der Waals surface area contributed by atoms with E-state index >= 15 is 0 Å². The summed E-state index contributed by atoms with van der Waals surface area (Å²) in [5.41, 5.74) is 3.12. The van der Waals surface area contributed by atoms with Crippen LogP contribution in [0.2, 0.25) is 15.2 Å². The second kappa shape index (κ2) is 29.7. The third-order valence-electron chi connectivity index (χ3n) is 7.72. The minimum absolute atomic E-state index is 0. The Morgan fingerprint density at radius 1 is 0.612 bits per heavy atom. The van der Waals surface area contributed by atoms with Crippen LogP contribution >= 0.6 is 63.8 Å². The first-order valence-electron chi connectivity index (χ1n) is 18.9. The zero-order valence-electron chi connectivity index (χ0n) is 37.1. The number of halogens is 5. The predicted octanol–water partition coefficient (Wildman–Crippen LogP) is 10.9. The van der Waals surface area contributed by atoms with Crippen molar-refractivity contribution in [2.24, 2.45) is 0 Å². The first-order chi connectivity index (χ1) is 30.8. The Balaban J connectivity index is 0.000000862. The second-order valence-corrected chi connectivity index (χ2v) is 16.8. The van der Waals surface area contributed by atoms with E-state index in [0.717, 1.165) is 30.5 Å². The molecule has 362 valence electrons. The van der Waals surface area contributed by atoms with Crippen molar-refractivity contribution in [3.8, 4) is 5.75 Å². The number of rotatable bonds is 6. The summed E-state index contributed by atoms with van der Waals surface area (Å²) in [7, 11) is 0. The van der Waals surface area contributed by atoms with Gasteiger partial charge in [0.2, 0.25) is 22.5 Å². The van der Waals surface area contributed by atoms with E-state index in [4.69, 9.17) is 73.4 Å². The monoisotopic (exact) mass is 1050 g/mol. The van der Waals surface area contributed by atoms with Crippen molar-refractivity contribution in [3.05, 3.63) is 124 Å². The van der Waals surface area contributed by atoms with Gasteiger partial charge in [-0.3, -0.25) is 19.2 Å². The van der Waals surface area contributed by atoms with Crippen molar-refractivity contribution in [1.29, 1.82) is 0 Å².